The van der Waals surface area contributed by atoms with Crippen LogP contribution < -0.4 is 14.2 Å². The summed E-state index contributed by atoms with van der Waals surface area (Å²) in [6, 6.07) is 6.17. The van der Waals surface area contributed by atoms with Crippen molar-refractivity contribution in [3.05, 3.63) is 58.9 Å². The molecule has 0 aliphatic carbocycles. The van der Waals surface area contributed by atoms with E-state index in [1.165, 1.54) is 32.4 Å². The number of carbonyl (C=O) groups excluding carboxylic acids is 1. The fraction of sp³-hybridized carbons (Fsp3) is 0.118. The molecule has 1 aliphatic rings. The van der Waals surface area contributed by atoms with Gasteiger partial charge in [-0.2, -0.15) is 0 Å². The lowest BCUT2D eigenvalue weighted by molar-refractivity contribution is 0.101. The standard InChI is InChI=1S/C17H12F2O4/c1-21-11-7-13(22-2)16-14(8-11)23-15(17(16)20)5-9-3-4-10(18)6-12(9)19/h3-8H,1-2H3/b15-5-. The van der Waals surface area contributed by atoms with E-state index in [1.54, 1.807) is 6.07 Å². The van der Waals surface area contributed by atoms with Crippen LogP contribution in [0.4, 0.5) is 8.78 Å². The predicted molar refractivity (Wildman–Crippen MR) is 78.8 cm³/mol. The quantitative estimate of drug-likeness (QED) is 0.811. The number of ketones is 1. The molecule has 118 valence electrons. The Hall–Kier alpha value is -2.89. The molecule has 0 bridgehead atoms. The van der Waals surface area contributed by atoms with Crippen molar-refractivity contribution in [3.63, 3.8) is 0 Å². The Morgan fingerprint density at radius 3 is 2.52 bits per heavy atom. The van der Waals surface area contributed by atoms with Gasteiger partial charge in [-0.25, -0.2) is 8.78 Å². The normalized spacial score (nSPS) is 14.6. The van der Waals surface area contributed by atoms with Crippen molar-refractivity contribution in [2.24, 2.45) is 0 Å². The molecule has 0 aromatic heterocycles. The zero-order valence-corrected chi connectivity index (χ0v) is 12.4. The molecule has 0 radical (unpaired) electrons. The Morgan fingerprint density at radius 1 is 1.09 bits per heavy atom. The van der Waals surface area contributed by atoms with E-state index in [0.717, 1.165) is 12.1 Å². The second-order valence-electron chi connectivity index (χ2n) is 4.81. The number of rotatable bonds is 3. The van der Waals surface area contributed by atoms with Crippen LogP contribution in [0.3, 0.4) is 0 Å². The van der Waals surface area contributed by atoms with Gasteiger partial charge in [-0.3, -0.25) is 4.79 Å². The molecular weight excluding hydrogens is 306 g/mol. The van der Waals surface area contributed by atoms with Crippen LogP contribution in [0.5, 0.6) is 17.2 Å². The minimum Gasteiger partial charge on any atom is -0.496 e. The van der Waals surface area contributed by atoms with Crippen LogP contribution in [0.25, 0.3) is 6.08 Å². The number of fused-ring (bicyclic) bond motifs is 1. The van der Waals surface area contributed by atoms with Gasteiger partial charge < -0.3 is 14.2 Å². The molecule has 0 fully saturated rings. The van der Waals surface area contributed by atoms with Crippen molar-refractivity contribution in [2.45, 2.75) is 0 Å². The monoisotopic (exact) mass is 318 g/mol. The van der Waals surface area contributed by atoms with Crippen molar-refractivity contribution in [1.82, 2.24) is 0 Å². The highest BCUT2D eigenvalue weighted by Crippen LogP contribution is 2.41. The second kappa shape index (κ2) is 5.72. The zero-order chi connectivity index (χ0) is 16.6. The molecule has 0 saturated heterocycles. The van der Waals surface area contributed by atoms with Gasteiger partial charge in [0.15, 0.2) is 5.76 Å². The van der Waals surface area contributed by atoms with E-state index >= 15 is 0 Å². The molecule has 0 N–H and O–H groups in total. The van der Waals surface area contributed by atoms with Crippen LogP contribution >= 0.6 is 0 Å². The van der Waals surface area contributed by atoms with Crippen LogP contribution in [-0.4, -0.2) is 20.0 Å². The SMILES string of the molecule is COc1cc(OC)c2c(c1)O/C(=C\c1ccc(F)cc1F)C2=O. The van der Waals surface area contributed by atoms with Crippen molar-refractivity contribution < 1.29 is 27.8 Å². The molecule has 0 amide bonds. The summed E-state index contributed by atoms with van der Waals surface area (Å²) in [6.07, 6.45) is 1.23. The number of methoxy groups -OCH3 is 2. The van der Waals surface area contributed by atoms with Crippen LogP contribution in [-0.2, 0) is 0 Å². The van der Waals surface area contributed by atoms with Gasteiger partial charge in [0.05, 0.1) is 14.2 Å². The summed E-state index contributed by atoms with van der Waals surface area (Å²) in [5, 5.41) is 0. The number of ether oxygens (including phenoxy) is 3. The Bertz CT molecular complexity index is 828. The minimum absolute atomic E-state index is 0.0495. The minimum atomic E-state index is -0.783. The molecule has 2 aromatic rings. The average Bonchev–Trinajstić information content (AvgIpc) is 2.85. The maximum Gasteiger partial charge on any atom is 0.235 e. The van der Waals surface area contributed by atoms with Crippen LogP contribution in [0, 0.1) is 11.6 Å². The van der Waals surface area contributed by atoms with Gasteiger partial charge in [-0.05, 0) is 18.2 Å². The number of Topliss-reactive ketones (excluding diaryl/α,β-unsaturated/α-hetero) is 1. The van der Waals surface area contributed by atoms with E-state index in [9.17, 15) is 13.6 Å². The summed E-state index contributed by atoms with van der Waals surface area (Å²) < 4.78 is 42.4. The highest BCUT2D eigenvalue weighted by atomic mass is 19.1. The number of hydrogen-bond donors (Lipinski definition) is 0. The summed E-state index contributed by atoms with van der Waals surface area (Å²) in [5.74, 6) is -0.970. The fourth-order valence-corrected chi connectivity index (χ4v) is 2.29. The predicted octanol–water partition coefficient (Wildman–Crippen LogP) is 3.60. The molecule has 0 saturated carbocycles. The molecule has 1 aliphatic heterocycles. The van der Waals surface area contributed by atoms with E-state index in [2.05, 4.69) is 0 Å². The van der Waals surface area contributed by atoms with Crippen molar-refractivity contribution in [2.75, 3.05) is 14.2 Å². The third kappa shape index (κ3) is 2.63. The van der Waals surface area contributed by atoms with Gasteiger partial charge in [-0.15, -0.1) is 0 Å². The molecule has 2 aromatic carbocycles. The first-order chi connectivity index (χ1) is 11.0. The van der Waals surface area contributed by atoms with E-state index in [1.807, 2.05) is 0 Å². The molecule has 3 rings (SSSR count). The molecule has 1 heterocycles. The van der Waals surface area contributed by atoms with Gasteiger partial charge in [0.1, 0.15) is 34.4 Å². The highest BCUT2D eigenvalue weighted by molar-refractivity contribution is 6.16. The Labute approximate surface area is 130 Å². The van der Waals surface area contributed by atoms with Crippen molar-refractivity contribution in [1.29, 1.82) is 0 Å². The zero-order valence-electron chi connectivity index (χ0n) is 12.4. The lowest BCUT2D eigenvalue weighted by atomic mass is 10.1. The lowest BCUT2D eigenvalue weighted by Gasteiger charge is -2.07. The summed E-state index contributed by atoms with van der Waals surface area (Å²) in [4.78, 5) is 12.4. The van der Waals surface area contributed by atoms with Gasteiger partial charge >= 0.3 is 0 Å². The number of allylic oxidation sites excluding steroid dienone is 1. The first kappa shape index (κ1) is 15.0. The van der Waals surface area contributed by atoms with Crippen LogP contribution in [0.1, 0.15) is 15.9 Å². The largest absolute Gasteiger partial charge is 0.496 e. The summed E-state index contributed by atoms with van der Waals surface area (Å²) in [7, 11) is 2.90. The van der Waals surface area contributed by atoms with E-state index in [0.29, 0.717) is 11.5 Å². The maximum absolute atomic E-state index is 13.7. The summed E-state index contributed by atoms with van der Waals surface area (Å²) >= 11 is 0. The van der Waals surface area contributed by atoms with Gasteiger partial charge in [0.25, 0.3) is 0 Å². The smallest absolute Gasteiger partial charge is 0.235 e. The number of halogens is 2. The van der Waals surface area contributed by atoms with Crippen LogP contribution in [0.2, 0.25) is 0 Å². The van der Waals surface area contributed by atoms with E-state index in [4.69, 9.17) is 14.2 Å². The third-order valence-electron chi connectivity index (χ3n) is 3.41. The van der Waals surface area contributed by atoms with Crippen LogP contribution in [0.15, 0.2) is 36.1 Å². The lowest BCUT2D eigenvalue weighted by Crippen LogP contribution is -2.00. The number of benzene rings is 2. The number of carbonyl (C=O) groups is 1. The molecule has 0 atom stereocenters. The fourth-order valence-electron chi connectivity index (χ4n) is 2.29. The molecule has 6 heteroatoms. The highest BCUT2D eigenvalue weighted by Gasteiger charge is 2.32. The third-order valence-corrected chi connectivity index (χ3v) is 3.41. The molecule has 0 spiro atoms. The first-order valence-corrected chi connectivity index (χ1v) is 6.69. The number of hydrogen-bond acceptors (Lipinski definition) is 4. The Morgan fingerprint density at radius 2 is 1.87 bits per heavy atom. The molecular formula is C17H12F2O4. The van der Waals surface area contributed by atoms with E-state index in [-0.39, 0.29) is 22.6 Å². The van der Waals surface area contributed by atoms with Crippen molar-refractivity contribution in [3.8, 4) is 17.2 Å². The topological polar surface area (TPSA) is 44.8 Å². The van der Waals surface area contributed by atoms with Gasteiger partial charge in [0, 0.05) is 23.8 Å². The molecule has 4 nitrogen and oxygen atoms in total. The Balaban J connectivity index is 2.05. The van der Waals surface area contributed by atoms with E-state index < -0.39 is 17.4 Å². The Kier molecular flexibility index (Phi) is 3.73. The van der Waals surface area contributed by atoms with Gasteiger partial charge in [0.2, 0.25) is 5.78 Å². The second-order valence-corrected chi connectivity index (χ2v) is 4.81. The summed E-state index contributed by atoms with van der Waals surface area (Å²) in [6.45, 7) is 0. The first-order valence-electron chi connectivity index (χ1n) is 6.69. The van der Waals surface area contributed by atoms with Gasteiger partial charge in [-0.1, -0.05) is 0 Å². The summed E-state index contributed by atoms with van der Waals surface area (Å²) in [5.41, 5.74) is 0.288. The molecule has 0 unspecified atom stereocenters. The average molecular weight is 318 g/mol. The maximum atomic E-state index is 13.7. The van der Waals surface area contributed by atoms with Crippen molar-refractivity contribution >= 4 is 11.9 Å². The molecule has 23 heavy (non-hydrogen) atoms.